The molecule has 1 aromatic heterocycles. The summed E-state index contributed by atoms with van der Waals surface area (Å²) in [7, 11) is 3.06. The summed E-state index contributed by atoms with van der Waals surface area (Å²) in [5.74, 6) is -0.416. The molecule has 0 aliphatic heterocycles. The average molecular weight is 625 g/mol. The monoisotopic (exact) mass is 624 g/mol. The van der Waals surface area contributed by atoms with Crippen molar-refractivity contribution >= 4 is 40.8 Å². The molecular formula is C29H30Cl2F2N3O6+. The van der Waals surface area contributed by atoms with Crippen molar-refractivity contribution in [1.29, 1.82) is 0 Å². The summed E-state index contributed by atoms with van der Waals surface area (Å²) in [5, 5.41) is 6.06. The fourth-order valence-corrected chi connectivity index (χ4v) is 4.62. The number of aromatic nitrogens is 1. The van der Waals surface area contributed by atoms with Gasteiger partial charge in [0.15, 0.2) is 23.9 Å². The Morgan fingerprint density at radius 2 is 1.76 bits per heavy atom. The summed E-state index contributed by atoms with van der Waals surface area (Å²) in [6, 6.07) is 8.82. The molecule has 1 amide bonds. The van der Waals surface area contributed by atoms with Gasteiger partial charge in [0.2, 0.25) is 5.91 Å². The van der Waals surface area contributed by atoms with E-state index in [1.54, 1.807) is 7.05 Å². The van der Waals surface area contributed by atoms with Gasteiger partial charge in [0.25, 0.3) is 0 Å². The number of amides is 1. The van der Waals surface area contributed by atoms with Crippen molar-refractivity contribution in [3.05, 3.63) is 75.5 Å². The molecule has 1 atom stereocenters. The maximum absolute atomic E-state index is 13.5. The summed E-state index contributed by atoms with van der Waals surface area (Å²) in [6.07, 6.45) is 4.14. The molecule has 0 bridgehead atoms. The van der Waals surface area contributed by atoms with Gasteiger partial charge >= 0.3 is 12.6 Å². The van der Waals surface area contributed by atoms with Crippen LogP contribution in [0.1, 0.15) is 40.4 Å². The van der Waals surface area contributed by atoms with E-state index in [-0.39, 0.29) is 41.6 Å². The SMILES string of the molecule is CNCC(=O)Nc1cc(C(=O)O[C@@H](Cc2c(Cl)c[nH+]cc2Cl)c2ccc(OC(F)F)c(OCC3CC3)c2)ccc1OC. The van der Waals surface area contributed by atoms with Gasteiger partial charge < -0.3 is 29.6 Å². The van der Waals surface area contributed by atoms with Crippen LogP contribution in [0.25, 0.3) is 0 Å². The zero-order valence-corrected chi connectivity index (χ0v) is 24.4. The molecule has 3 aromatic rings. The van der Waals surface area contributed by atoms with Crippen LogP contribution in [0.2, 0.25) is 10.0 Å². The number of nitrogens with one attached hydrogen (secondary N) is 3. The van der Waals surface area contributed by atoms with Gasteiger partial charge in [0, 0.05) is 12.0 Å². The number of hydrogen-bond donors (Lipinski definition) is 2. The lowest BCUT2D eigenvalue weighted by atomic mass is 10.0. The molecule has 224 valence electrons. The third kappa shape index (κ3) is 8.43. The first kappa shape index (κ1) is 31.3. The first-order valence-electron chi connectivity index (χ1n) is 13.1. The van der Waals surface area contributed by atoms with Crippen molar-refractivity contribution < 1.29 is 42.3 Å². The van der Waals surface area contributed by atoms with Crippen LogP contribution in [0.4, 0.5) is 14.5 Å². The zero-order valence-electron chi connectivity index (χ0n) is 22.8. The lowest BCUT2D eigenvalue weighted by Gasteiger charge is -2.21. The highest BCUT2D eigenvalue weighted by Crippen LogP contribution is 2.38. The summed E-state index contributed by atoms with van der Waals surface area (Å²) >= 11 is 12.8. The fraction of sp³-hybridized carbons (Fsp3) is 0.345. The van der Waals surface area contributed by atoms with Crippen LogP contribution >= 0.6 is 23.2 Å². The van der Waals surface area contributed by atoms with Crippen molar-refractivity contribution in [3.63, 3.8) is 0 Å². The van der Waals surface area contributed by atoms with Gasteiger partial charge in [-0.05, 0) is 61.7 Å². The smallest absolute Gasteiger partial charge is 0.387 e. The number of carbonyl (C=O) groups is 2. The van der Waals surface area contributed by atoms with Crippen LogP contribution in [0.5, 0.6) is 17.2 Å². The van der Waals surface area contributed by atoms with Crippen molar-refractivity contribution in [2.75, 3.05) is 32.6 Å². The van der Waals surface area contributed by atoms with E-state index < -0.39 is 18.7 Å². The predicted octanol–water partition coefficient (Wildman–Crippen LogP) is 5.51. The van der Waals surface area contributed by atoms with Crippen molar-refractivity contribution in [3.8, 4) is 17.2 Å². The van der Waals surface area contributed by atoms with Crippen molar-refractivity contribution in [2.24, 2.45) is 5.92 Å². The number of esters is 1. The Morgan fingerprint density at radius 3 is 2.40 bits per heavy atom. The number of carbonyl (C=O) groups excluding carboxylic acids is 2. The molecule has 9 nitrogen and oxygen atoms in total. The highest BCUT2D eigenvalue weighted by Gasteiger charge is 2.27. The van der Waals surface area contributed by atoms with E-state index in [1.165, 1.54) is 55.9 Å². The minimum Gasteiger partial charge on any atom is -0.495 e. The molecule has 0 spiro atoms. The van der Waals surface area contributed by atoms with Gasteiger partial charge in [-0.3, -0.25) is 4.79 Å². The number of ether oxygens (including phenoxy) is 4. The summed E-state index contributed by atoms with van der Waals surface area (Å²) in [6.45, 7) is -2.66. The van der Waals surface area contributed by atoms with Gasteiger partial charge in [-0.2, -0.15) is 8.78 Å². The van der Waals surface area contributed by atoms with Crippen LogP contribution in [0, 0.1) is 5.92 Å². The molecule has 1 aliphatic carbocycles. The topological polar surface area (TPSA) is 109 Å². The molecule has 13 heteroatoms. The van der Waals surface area contributed by atoms with E-state index in [0.29, 0.717) is 39.4 Å². The van der Waals surface area contributed by atoms with Crippen LogP contribution in [0.3, 0.4) is 0 Å². The third-order valence-electron chi connectivity index (χ3n) is 6.41. The van der Waals surface area contributed by atoms with Gasteiger partial charge in [-0.15, -0.1) is 0 Å². The van der Waals surface area contributed by atoms with Gasteiger partial charge in [0.05, 0.1) is 31.5 Å². The number of pyridine rings is 1. The first-order valence-corrected chi connectivity index (χ1v) is 13.8. The quantitative estimate of drug-likeness (QED) is 0.228. The molecule has 1 aliphatic rings. The minimum absolute atomic E-state index is 0.0480. The molecule has 3 N–H and O–H groups in total. The average Bonchev–Trinajstić information content (AvgIpc) is 3.78. The summed E-state index contributed by atoms with van der Waals surface area (Å²) < 4.78 is 47.9. The molecule has 2 aromatic carbocycles. The second-order valence-electron chi connectivity index (χ2n) is 9.56. The van der Waals surface area contributed by atoms with E-state index in [4.69, 9.17) is 37.4 Å². The number of methoxy groups -OCH3 is 1. The third-order valence-corrected chi connectivity index (χ3v) is 7.08. The molecule has 42 heavy (non-hydrogen) atoms. The van der Waals surface area contributed by atoms with Gasteiger partial charge in [-0.1, -0.05) is 29.3 Å². The Morgan fingerprint density at radius 1 is 1.05 bits per heavy atom. The van der Waals surface area contributed by atoms with Gasteiger partial charge in [0.1, 0.15) is 21.9 Å². The second-order valence-corrected chi connectivity index (χ2v) is 10.4. The Kier molecular flexibility index (Phi) is 10.8. The Bertz CT molecular complexity index is 1400. The van der Waals surface area contributed by atoms with Crippen LogP contribution < -0.4 is 29.8 Å². The Balaban J connectivity index is 1.68. The largest absolute Gasteiger partial charge is 0.495 e. The molecule has 1 saturated carbocycles. The predicted molar refractivity (Wildman–Crippen MR) is 152 cm³/mol. The number of aromatic amines is 1. The van der Waals surface area contributed by atoms with E-state index in [9.17, 15) is 18.4 Å². The number of rotatable bonds is 14. The number of halogens is 4. The Hall–Kier alpha value is -3.67. The molecule has 1 heterocycles. The fourth-order valence-electron chi connectivity index (χ4n) is 4.09. The van der Waals surface area contributed by atoms with E-state index in [1.807, 2.05) is 0 Å². The van der Waals surface area contributed by atoms with Crippen LogP contribution in [0.15, 0.2) is 48.8 Å². The normalized spacial score (nSPS) is 13.4. The number of hydrogen-bond acceptors (Lipinski definition) is 7. The lowest BCUT2D eigenvalue weighted by Crippen LogP contribution is -2.25. The number of benzene rings is 2. The molecule has 1 fully saturated rings. The maximum Gasteiger partial charge on any atom is 0.387 e. The van der Waals surface area contributed by atoms with Crippen LogP contribution in [-0.4, -0.2) is 45.8 Å². The summed E-state index contributed by atoms with van der Waals surface area (Å²) in [4.78, 5) is 28.5. The van der Waals surface area contributed by atoms with Gasteiger partial charge in [-0.25, -0.2) is 9.78 Å². The highest BCUT2D eigenvalue weighted by atomic mass is 35.5. The van der Waals surface area contributed by atoms with Crippen molar-refractivity contribution in [1.82, 2.24) is 5.32 Å². The van der Waals surface area contributed by atoms with Crippen LogP contribution in [-0.2, 0) is 16.0 Å². The molecule has 0 radical (unpaired) electrons. The minimum atomic E-state index is -3.05. The summed E-state index contributed by atoms with van der Waals surface area (Å²) in [5.41, 5.74) is 1.34. The molecule has 0 unspecified atom stereocenters. The zero-order chi connectivity index (χ0) is 30.2. The highest BCUT2D eigenvalue weighted by molar-refractivity contribution is 6.35. The van der Waals surface area contributed by atoms with E-state index >= 15 is 0 Å². The second kappa shape index (κ2) is 14.5. The maximum atomic E-state index is 13.5. The molecular weight excluding hydrogens is 595 g/mol. The number of likely N-dealkylation sites (N-methyl/N-ethyl adjacent to an activating group) is 1. The standard InChI is InChI=1S/C29H29Cl2F2N3O6/c1-34-14-27(37)36-22-9-18(6-7-23(22)39-2)28(38)41-25(11-19-20(30)12-35-13-21(19)31)17-5-8-24(42-29(32)33)26(10-17)40-15-16-3-4-16/h5-10,12-13,16,25,29,34H,3-4,11,14-15H2,1-2H3,(H,36,37)/p+1/t25-/m0/s1. The number of alkyl halides is 2. The first-order chi connectivity index (χ1) is 20.2. The van der Waals surface area contributed by atoms with Crippen molar-refractivity contribution in [2.45, 2.75) is 32.0 Å². The van der Waals surface area contributed by atoms with E-state index in [0.717, 1.165) is 12.8 Å². The molecule has 4 rings (SSSR count). The lowest BCUT2D eigenvalue weighted by molar-refractivity contribution is -0.377. The van der Waals surface area contributed by atoms with E-state index in [2.05, 4.69) is 20.4 Å². The Labute approximate surface area is 251 Å². The molecule has 0 saturated heterocycles. The number of H-pyrrole nitrogens is 1. The number of anilines is 1.